The molecule has 1 unspecified atom stereocenters. The zero-order valence-electron chi connectivity index (χ0n) is 12.1. The first-order valence-corrected chi connectivity index (χ1v) is 7.40. The minimum absolute atomic E-state index is 0.101. The molecule has 2 N–H and O–H groups in total. The van der Waals surface area contributed by atoms with Crippen LogP contribution in [0, 0.1) is 11.8 Å². The molecule has 1 saturated carbocycles. The number of fused-ring (bicyclic) bond motifs is 1. The molecule has 1 amide bonds. The summed E-state index contributed by atoms with van der Waals surface area (Å²) in [6.07, 6.45) is 0.514. The van der Waals surface area contributed by atoms with Gasteiger partial charge in [-0.05, 0) is 31.7 Å². The largest absolute Gasteiger partial charge is 0.491 e. The summed E-state index contributed by atoms with van der Waals surface area (Å²) in [6, 6.07) is 8.18. The minimum Gasteiger partial charge on any atom is -0.491 e. The molecule has 4 nitrogen and oxygen atoms in total. The van der Waals surface area contributed by atoms with Gasteiger partial charge in [-0.1, -0.05) is 18.2 Å². The highest BCUT2D eigenvalue weighted by atomic mass is 16.5. The predicted molar refractivity (Wildman–Crippen MR) is 77.7 cm³/mol. The van der Waals surface area contributed by atoms with Crippen molar-refractivity contribution in [2.45, 2.75) is 32.4 Å². The molecule has 1 aromatic carbocycles. The van der Waals surface area contributed by atoms with Crippen LogP contribution in [0.1, 0.15) is 19.4 Å². The lowest BCUT2D eigenvalue weighted by molar-refractivity contribution is -0.120. The molecule has 0 radical (unpaired) electrons. The Labute approximate surface area is 119 Å². The molecule has 20 heavy (non-hydrogen) atoms. The smallest absolute Gasteiger partial charge is 0.224 e. The van der Waals surface area contributed by atoms with Gasteiger partial charge in [0.1, 0.15) is 5.75 Å². The number of ether oxygens (including phenoxy) is 1. The van der Waals surface area contributed by atoms with Crippen LogP contribution >= 0.6 is 0 Å². The summed E-state index contributed by atoms with van der Waals surface area (Å²) < 4.78 is 5.75. The number of hydrogen-bond donors (Lipinski definition) is 2. The summed E-state index contributed by atoms with van der Waals surface area (Å²) in [6.45, 7) is 6.08. The van der Waals surface area contributed by atoms with Crippen LogP contribution in [-0.2, 0) is 11.2 Å². The van der Waals surface area contributed by atoms with Gasteiger partial charge in [0.2, 0.25) is 5.91 Å². The van der Waals surface area contributed by atoms with Crippen molar-refractivity contribution in [2.24, 2.45) is 11.8 Å². The van der Waals surface area contributed by atoms with Gasteiger partial charge >= 0.3 is 0 Å². The van der Waals surface area contributed by atoms with Crippen molar-refractivity contribution >= 4 is 5.91 Å². The lowest BCUT2D eigenvalue weighted by atomic mass is 10.1. The Morgan fingerprint density at radius 1 is 1.35 bits per heavy atom. The summed E-state index contributed by atoms with van der Waals surface area (Å²) in [5.74, 6) is 2.22. The van der Waals surface area contributed by atoms with E-state index < -0.39 is 0 Å². The van der Waals surface area contributed by atoms with E-state index in [1.807, 2.05) is 38.1 Å². The molecule has 1 aromatic rings. The van der Waals surface area contributed by atoms with E-state index in [1.165, 1.54) is 0 Å². The topological polar surface area (TPSA) is 50.4 Å². The molecule has 3 rings (SSSR count). The third kappa shape index (κ3) is 2.80. The maximum Gasteiger partial charge on any atom is 0.224 e. The Hall–Kier alpha value is -1.55. The summed E-state index contributed by atoms with van der Waals surface area (Å²) in [5.41, 5.74) is 0.961. The van der Waals surface area contributed by atoms with Crippen LogP contribution in [0.15, 0.2) is 24.3 Å². The first-order chi connectivity index (χ1) is 9.65. The molecule has 1 aliphatic carbocycles. The molecule has 0 aromatic heterocycles. The number of benzene rings is 1. The summed E-state index contributed by atoms with van der Waals surface area (Å²) in [5, 5.41) is 6.48. The van der Waals surface area contributed by atoms with E-state index in [9.17, 15) is 4.79 Å². The SMILES string of the molecule is CC(C)Oc1ccccc1CC(=O)NC1[C@H]2CNC[C@@H]12. The fourth-order valence-electron chi connectivity index (χ4n) is 3.06. The van der Waals surface area contributed by atoms with E-state index in [1.54, 1.807) is 0 Å². The minimum atomic E-state index is 0.101. The Kier molecular flexibility index (Phi) is 3.66. The van der Waals surface area contributed by atoms with Crippen molar-refractivity contribution in [1.82, 2.24) is 10.6 Å². The standard InChI is InChI=1S/C16H22N2O2/c1-10(2)20-14-6-4-3-5-11(14)7-15(19)18-16-12-8-17-9-13(12)16/h3-6,10,12-13,16-17H,7-9H2,1-2H3,(H,18,19)/t12-,13+,16?. The Morgan fingerprint density at radius 3 is 2.75 bits per heavy atom. The number of rotatable bonds is 5. The van der Waals surface area contributed by atoms with Gasteiger partial charge < -0.3 is 15.4 Å². The number of nitrogens with one attached hydrogen (secondary N) is 2. The van der Waals surface area contributed by atoms with Crippen LogP contribution in [0.2, 0.25) is 0 Å². The van der Waals surface area contributed by atoms with E-state index >= 15 is 0 Å². The molecular formula is C16H22N2O2. The Morgan fingerprint density at radius 2 is 2.05 bits per heavy atom. The number of para-hydroxylation sites is 1. The van der Waals surface area contributed by atoms with Gasteiger partial charge in [0.05, 0.1) is 12.5 Å². The second-order valence-corrected chi connectivity index (χ2v) is 6.03. The highest BCUT2D eigenvalue weighted by molar-refractivity contribution is 5.80. The van der Waals surface area contributed by atoms with Gasteiger partial charge in [-0.15, -0.1) is 0 Å². The number of amides is 1. The van der Waals surface area contributed by atoms with Gasteiger partial charge in [-0.2, -0.15) is 0 Å². The van der Waals surface area contributed by atoms with Crippen molar-refractivity contribution in [3.63, 3.8) is 0 Å². The summed E-state index contributed by atoms with van der Waals surface area (Å²) >= 11 is 0. The van der Waals surface area contributed by atoms with E-state index in [0.717, 1.165) is 24.4 Å². The average molecular weight is 274 g/mol. The summed E-state index contributed by atoms with van der Waals surface area (Å²) in [4.78, 5) is 12.1. The van der Waals surface area contributed by atoms with E-state index in [2.05, 4.69) is 10.6 Å². The van der Waals surface area contributed by atoms with Crippen molar-refractivity contribution in [3.8, 4) is 5.75 Å². The van der Waals surface area contributed by atoms with E-state index in [0.29, 0.717) is 24.3 Å². The molecule has 0 bridgehead atoms. The molecule has 4 heteroatoms. The predicted octanol–water partition coefficient (Wildman–Crippen LogP) is 1.35. The first-order valence-electron chi connectivity index (χ1n) is 7.40. The first kappa shape index (κ1) is 13.4. The molecule has 1 saturated heterocycles. The van der Waals surface area contributed by atoms with Crippen molar-refractivity contribution in [1.29, 1.82) is 0 Å². The lowest BCUT2D eigenvalue weighted by Crippen LogP contribution is -2.33. The molecular weight excluding hydrogens is 252 g/mol. The Balaban J connectivity index is 1.58. The number of hydrogen-bond acceptors (Lipinski definition) is 3. The van der Waals surface area contributed by atoms with Crippen LogP contribution in [0.4, 0.5) is 0 Å². The molecule has 0 spiro atoms. The highest BCUT2D eigenvalue weighted by Gasteiger charge is 2.53. The van der Waals surface area contributed by atoms with Gasteiger partial charge in [0, 0.05) is 24.7 Å². The van der Waals surface area contributed by atoms with Crippen LogP contribution < -0.4 is 15.4 Å². The van der Waals surface area contributed by atoms with Gasteiger partial charge in [0.15, 0.2) is 0 Å². The molecule has 2 aliphatic rings. The number of carbonyl (C=O) groups excluding carboxylic acids is 1. The second-order valence-electron chi connectivity index (χ2n) is 6.03. The average Bonchev–Trinajstić information content (AvgIpc) is 2.85. The maximum absolute atomic E-state index is 12.1. The van der Waals surface area contributed by atoms with E-state index in [-0.39, 0.29) is 12.0 Å². The Bertz CT molecular complexity index is 491. The lowest BCUT2D eigenvalue weighted by Gasteiger charge is -2.14. The fourth-order valence-corrected chi connectivity index (χ4v) is 3.06. The maximum atomic E-state index is 12.1. The summed E-state index contributed by atoms with van der Waals surface area (Å²) in [7, 11) is 0. The second kappa shape index (κ2) is 5.44. The molecule has 1 heterocycles. The molecule has 1 aliphatic heterocycles. The number of carbonyl (C=O) groups is 1. The molecule has 108 valence electrons. The van der Waals surface area contributed by atoms with Crippen LogP contribution in [0.5, 0.6) is 5.75 Å². The highest BCUT2D eigenvalue weighted by Crippen LogP contribution is 2.41. The third-order valence-corrected chi connectivity index (χ3v) is 4.11. The van der Waals surface area contributed by atoms with Crippen LogP contribution in [-0.4, -0.2) is 31.1 Å². The quantitative estimate of drug-likeness (QED) is 0.852. The van der Waals surface area contributed by atoms with Gasteiger partial charge in [-0.25, -0.2) is 0 Å². The van der Waals surface area contributed by atoms with Crippen molar-refractivity contribution < 1.29 is 9.53 Å². The zero-order chi connectivity index (χ0) is 14.1. The van der Waals surface area contributed by atoms with Crippen molar-refractivity contribution in [3.05, 3.63) is 29.8 Å². The van der Waals surface area contributed by atoms with Crippen molar-refractivity contribution in [2.75, 3.05) is 13.1 Å². The molecule has 2 fully saturated rings. The van der Waals surface area contributed by atoms with Crippen LogP contribution in [0.3, 0.4) is 0 Å². The monoisotopic (exact) mass is 274 g/mol. The third-order valence-electron chi connectivity index (χ3n) is 4.11. The zero-order valence-corrected chi connectivity index (χ0v) is 12.1. The fraction of sp³-hybridized carbons (Fsp3) is 0.562. The molecule has 3 atom stereocenters. The normalized spacial score (nSPS) is 27.2. The van der Waals surface area contributed by atoms with Gasteiger partial charge in [-0.3, -0.25) is 4.79 Å². The van der Waals surface area contributed by atoms with E-state index in [4.69, 9.17) is 4.74 Å². The van der Waals surface area contributed by atoms with Gasteiger partial charge in [0.25, 0.3) is 0 Å². The number of piperidine rings is 1. The van der Waals surface area contributed by atoms with Crippen LogP contribution in [0.25, 0.3) is 0 Å².